The molecule has 0 unspecified atom stereocenters. The lowest BCUT2D eigenvalue weighted by Gasteiger charge is -2.12. The van der Waals surface area contributed by atoms with Gasteiger partial charge in [0.25, 0.3) is 10.0 Å². The van der Waals surface area contributed by atoms with Crippen molar-refractivity contribution in [1.82, 2.24) is 8.96 Å². The molecule has 0 bridgehead atoms. The summed E-state index contributed by atoms with van der Waals surface area (Å²) in [5.74, 6) is 0. The molecule has 7 nitrogen and oxygen atoms in total. The van der Waals surface area contributed by atoms with Gasteiger partial charge in [0.2, 0.25) is 0 Å². The molecule has 1 fully saturated rings. The number of carbonyl (C=O) groups excluding carboxylic acids is 1. The molecule has 26 heavy (non-hydrogen) atoms. The van der Waals surface area contributed by atoms with Gasteiger partial charge in [-0.15, -0.1) is 0 Å². The summed E-state index contributed by atoms with van der Waals surface area (Å²) in [7, 11) is -4.01. The second-order valence-corrected chi connectivity index (χ2v) is 7.77. The SMILES string of the molecule is O=Cc1cc2c(Cl)c(C3OCCO3)cnc2n1S(=O)(=O)c1ccccc1. The second-order valence-electron chi connectivity index (χ2n) is 5.61. The van der Waals surface area contributed by atoms with Crippen LogP contribution >= 0.6 is 11.6 Å². The highest BCUT2D eigenvalue weighted by atomic mass is 35.5. The van der Waals surface area contributed by atoms with E-state index >= 15 is 0 Å². The van der Waals surface area contributed by atoms with E-state index in [1.54, 1.807) is 18.2 Å². The number of pyridine rings is 1. The highest BCUT2D eigenvalue weighted by molar-refractivity contribution is 7.90. The predicted molar refractivity (Wildman–Crippen MR) is 93.8 cm³/mol. The number of carbonyl (C=O) groups is 1. The van der Waals surface area contributed by atoms with Crippen LogP contribution in [0.15, 0.2) is 47.5 Å². The largest absolute Gasteiger partial charge is 0.346 e. The molecule has 4 rings (SSSR count). The summed E-state index contributed by atoms with van der Waals surface area (Å²) in [6.45, 7) is 0.865. The van der Waals surface area contributed by atoms with E-state index in [9.17, 15) is 13.2 Å². The number of aldehydes is 1. The molecule has 0 aliphatic carbocycles. The third kappa shape index (κ3) is 2.62. The van der Waals surface area contributed by atoms with Gasteiger partial charge in [0.1, 0.15) is 0 Å². The van der Waals surface area contributed by atoms with Crippen LogP contribution < -0.4 is 0 Å². The first kappa shape index (κ1) is 17.2. The fourth-order valence-corrected chi connectivity index (χ4v) is 4.60. The van der Waals surface area contributed by atoms with Gasteiger partial charge >= 0.3 is 0 Å². The van der Waals surface area contributed by atoms with Crippen molar-refractivity contribution >= 4 is 38.9 Å². The van der Waals surface area contributed by atoms with Crippen LogP contribution in [0.1, 0.15) is 22.3 Å². The molecule has 0 radical (unpaired) electrons. The Morgan fingerprint density at radius 2 is 1.88 bits per heavy atom. The zero-order valence-corrected chi connectivity index (χ0v) is 14.9. The molecular formula is C17H13ClN2O5S. The molecule has 3 aromatic rings. The monoisotopic (exact) mass is 392 g/mol. The van der Waals surface area contributed by atoms with Crippen molar-refractivity contribution in [2.45, 2.75) is 11.2 Å². The number of ether oxygens (including phenoxy) is 2. The van der Waals surface area contributed by atoms with Gasteiger partial charge in [0, 0.05) is 17.1 Å². The minimum absolute atomic E-state index is 0.0464. The highest BCUT2D eigenvalue weighted by Crippen LogP contribution is 2.36. The molecule has 2 aromatic heterocycles. The van der Waals surface area contributed by atoms with E-state index in [4.69, 9.17) is 21.1 Å². The van der Waals surface area contributed by atoms with Crippen LogP contribution in [-0.4, -0.2) is 36.9 Å². The Labute approximate surface area is 154 Å². The van der Waals surface area contributed by atoms with Gasteiger partial charge in [-0.3, -0.25) is 4.79 Å². The minimum atomic E-state index is -4.01. The summed E-state index contributed by atoms with van der Waals surface area (Å²) >= 11 is 6.44. The number of aromatic nitrogens is 2. The van der Waals surface area contributed by atoms with Gasteiger partial charge in [-0.05, 0) is 18.2 Å². The van der Waals surface area contributed by atoms with Crippen LogP contribution in [0.3, 0.4) is 0 Å². The third-order valence-corrected chi connectivity index (χ3v) is 6.21. The summed E-state index contributed by atoms with van der Waals surface area (Å²) < 4.78 is 37.8. The maximum atomic E-state index is 13.0. The Balaban J connectivity index is 1.96. The van der Waals surface area contributed by atoms with Crippen molar-refractivity contribution in [2.75, 3.05) is 13.2 Å². The number of hydrogen-bond donors (Lipinski definition) is 0. The summed E-state index contributed by atoms with van der Waals surface area (Å²) in [6.07, 6.45) is 1.21. The molecule has 1 aliphatic rings. The summed E-state index contributed by atoms with van der Waals surface area (Å²) in [5.41, 5.74) is 0.495. The van der Waals surface area contributed by atoms with E-state index in [1.165, 1.54) is 24.4 Å². The normalized spacial score (nSPS) is 15.6. The first-order chi connectivity index (χ1) is 12.5. The van der Waals surface area contributed by atoms with E-state index < -0.39 is 16.3 Å². The number of halogens is 1. The average Bonchev–Trinajstić information content (AvgIpc) is 3.30. The maximum absolute atomic E-state index is 13.0. The van der Waals surface area contributed by atoms with Gasteiger partial charge in [-0.1, -0.05) is 29.8 Å². The molecule has 3 heterocycles. The number of hydrogen-bond acceptors (Lipinski definition) is 6. The van der Waals surface area contributed by atoms with E-state index in [0.29, 0.717) is 30.4 Å². The van der Waals surface area contributed by atoms with Crippen LogP contribution in [0, 0.1) is 0 Å². The van der Waals surface area contributed by atoms with Crippen molar-refractivity contribution < 1.29 is 22.7 Å². The second kappa shape index (κ2) is 6.48. The van der Waals surface area contributed by atoms with Gasteiger partial charge in [-0.2, -0.15) is 0 Å². The highest BCUT2D eigenvalue weighted by Gasteiger charge is 2.28. The minimum Gasteiger partial charge on any atom is -0.346 e. The summed E-state index contributed by atoms with van der Waals surface area (Å²) in [4.78, 5) is 15.8. The fourth-order valence-electron chi connectivity index (χ4n) is 2.86. The Morgan fingerprint density at radius 1 is 1.19 bits per heavy atom. The van der Waals surface area contributed by atoms with Gasteiger partial charge in [0.15, 0.2) is 18.2 Å². The van der Waals surface area contributed by atoms with Crippen LogP contribution in [-0.2, 0) is 19.5 Å². The van der Waals surface area contributed by atoms with E-state index in [-0.39, 0.29) is 21.3 Å². The lowest BCUT2D eigenvalue weighted by atomic mass is 10.2. The first-order valence-electron chi connectivity index (χ1n) is 7.73. The van der Waals surface area contributed by atoms with Gasteiger partial charge < -0.3 is 9.47 Å². The number of fused-ring (bicyclic) bond motifs is 1. The zero-order valence-electron chi connectivity index (χ0n) is 13.3. The van der Waals surface area contributed by atoms with Crippen molar-refractivity contribution in [3.8, 4) is 0 Å². The molecule has 9 heteroatoms. The van der Waals surface area contributed by atoms with Crippen molar-refractivity contribution in [3.05, 3.63) is 58.9 Å². The molecule has 134 valence electrons. The Hall–Kier alpha value is -2.26. The smallest absolute Gasteiger partial charge is 0.270 e. The van der Waals surface area contributed by atoms with Crippen molar-refractivity contribution in [1.29, 1.82) is 0 Å². The van der Waals surface area contributed by atoms with Crippen LogP contribution in [0.25, 0.3) is 11.0 Å². The molecular weight excluding hydrogens is 380 g/mol. The molecule has 0 N–H and O–H groups in total. The fraction of sp³-hybridized carbons (Fsp3) is 0.176. The third-order valence-electron chi connectivity index (χ3n) is 4.05. The van der Waals surface area contributed by atoms with Crippen molar-refractivity contribution in [2.24, 2.45) is 0 Å². The van der Waals surface area contributed by atoms with Crippen LogP contribution in [0.4, 0.5) is 0 Å². The lowest BCUT2D eigenvalue weighted by molar-refractivity contribution is -0.0441. The maximum Gasteiger partial charge on any atom is 0.270 e. The number of benzene rings is 1. The molecule has 0 saturated carbocycles. The first-order valence-corrected chi connectivity index (χ1v) is 9.54. The van der Waals surface area contributed by atoms with Crippen LogP contribution in [0.5, 0.6) is 0 Å². The van der Waals surface area contributed by atoms with Crippen LogP contribution in [0.2, 0.25) is 5.02 Å². The molecule has 0 atom stereocenters. The molecule has 1 saturated heterocycles. The molecule has 0 amide bonds. The quantitative estimate of drug-likeness (QED) is 0.634. The molecule has 1 aliphatic heterocycles. The zero-order chi connectivity index (χ0) is 18.3. The standard InChI is InChI=1S/C17H13ClN2O5S/c18-15-13-8-11(10-21)20(26(22,23)12-4-2-1-3-5-12)16(13)19-9-14(15)17-24-6-7-25-17/h1-5,8-10,17H,6-7H2. The number of rotatable bonds is 4. The van der Waals surface area contributed by atoms with Gasteiger partial charge in [-0.25, -0.2) is 17.4 Å². The summed E-state index contributed by atoms with van der Waals surface area (Å²) in [6, 6.07) is 9.21. The van der Waals surface area contributed by atoms with E-state index in [1.807, 2.05) is 0 Å². The van der Waals surface area contributed by atoms with Gasteiger partial charge in [0.05, 0.1) is 28.8 Å². The average molecular weight is 393 g/mol. The topological polar surface area (TPSA) is 87.5 Å². The number of nitrogens with zero attached hydrogens (tertiary/aromatic N) is 2. The van der Waals surface area contributed by atoms with Crippen molar-refractivity contribution in [3.63, 3.8) is 0 Å². The summed E-state index contributed by atoms with van der Waals surface area (Å²) in [5, 5.41) is 0.580. The Bertz CT molecular complexity index is 1090. The van der Waals surface area contributed by atoms with E-state index in [2.05, 4.69) is 4.98 Å². The van der Waals surface area contributed by atoms with E-state index in [0.717, 1.165) is 3.97 Å². The molecule has 0 spiro atoms. The Kier molecular flexibility index (Phi) is 4.28. The predicted octanol–water partition coefficient (Wildman–Crippen LogP) is 2.78. The lowest BCUT2D eigenvalue weighted by Crippen LogP contribution is -2.16. The Morgan fingerprint density at radius 3 is 2.54 bits per heavy atom. The molecule has 1 aromatic carbocycles.